The molecule has 0 saturated heterocycles. The highest BCUT2D eigenvalue weighted by Gasteiger charge is 2.25. The van der Waals surface area contributed by atoms with Gasteiger partial charge in [0.2, 0.25) is 0 Å². The van der Waals surface area contributed by atoms with Gasteiger partial charge >= 0.3 is 6.18 Å². The van der Waals surface area contributed by atoms with Crippen LogP contribution in [-0.4, -0.2) is 17.9 Å². The molecule has 138 valence electrons. The fourth-order valence-corrected chi connectivity index (χ4v) is 2.55. The summed E-state index contributed by atoms with van der Waals surface area (Å²) in [5.74, 6) is 0.771. The molecule has 0 aliphatic rings. The molecule has 2 nitrogen and oxygen atoms in total. The third kappa shape index (κ3) is 9.81. The van der Waals surface area contributed by atoms with Gasteiger partial charge in [-0.2, -0.15) is 13.2 Å². The molecular formula is C19H29F3O2. The van der Waals surface area contributed by atoms with Crippen LogP contribution in [0.1, 0.15) is 76.4 Å². The van der Waals surface area contributed by atoms with E-state index in [0.717, 1.165) is 43.4 Å². The average Bonchev–Trinajstić information content (AvgIpc) is 2.55. The number of aliphatic hydroxyl groups is 1. The van der Waals surface area contributed by atoms with Crippen LogP contribution in [0.4, 0.5) is 13.2 Å². The van der Waals surface area contributed by atoms with Crippen molar-refractivity contribution in [2.24, 2.45) is 0 Å². The van der Waals surface area contributed by atoms with Gasteiger partial charge < -0.3 is 9.84 Å². The molecule has 1 atom stereocenters. The molecule has 1 N–H and O–H groups in total. The van der Waals surface area contributed by atoms with Crippen LogP contribution in [0.5, 0.6) is 5.75 Å². The van der Waals surface area contributed by atoms with Crippen molar-refractivity contribution >= 4 is 0 Å². The third-order valence-electron chi connectivity index (χ3n) is 4.00. The quantitative estimate of drug-likeness (QED) is 0.457. The van der Waals surface area contributed by atoms with Gasteiger partial charge in [0.15, 0.2) is 0 Å². The molecular weight excluding hydrogens is 317 g/mol. The summed E-state index contributed by atoms with van der Waals surface area (Å²) >= 11 is 0. The summed E-state index contributed by atoms with van der Waals surface area (Å²) in [4.78, 5) is 0. The van der Waals surface area contributed by atoms with Gasteiger partial charge in [-0.3, -0.25) is 0 Å². The van der Waals surface area contributed by atoms with Crippen LogP contribution < -0.4 is 4.74 Å². The first-order valence-electron chi connectivity index (χ1n) is 8.90. The summed E-state index contributed by atoms with van der Waals surface area (Å²) in [6.07, 6.45) is 1.29. The van der Waals surface area contributed by atoms with Crippen LogP contribution in [0.2, 0.25) is 0 Å². The number of benzene rings is 1. The lowest BCUT2D eigenvalue weighted by molar-refractivity contribution is -0.135. The molecule has 0 radical (unpaired) electrons. The second-order valence-electron chi connectivity index (χ2n) is 6.19. The van der Waals surface area contributed by atoms with Crippen molar-refractivity contribution in [3.8, 4) is 5.75 Å². The monoisotopic (exact) mass is 346 g/mol. The Balaban J connectivity index is 2.02. The van der Waals surface area contributed by atoms with E-state index in [1.54, 1.807) is 0 Å². The highest BCUT2D eigenvalue weighted by Crippen LogP contribution is 2.23. The van der Waals surface area contributed by atoms with Gasteiger partial charge in [0.25, 0.3) is 0 Å². The Kier molecular flexibility index (Phi) is 9.84. The average molecular weight is 346 g/mol. The molecule has 1 aromatic rings. The minimum atomic E-state index is -4.01. The lowest BCUT2D eigenvalue weighted by Crippen LogP contribution is -2.06. The number of halogens is 3. The number of alkyl halides is 3. The van der Waals surface area contributed by atoms with Crippen molar-refractivity contribution in [1.82, 2.24) is 0 Å². The van der Waals surface area contributed by atoms with E-state index in [0.29, 0.717) is 19.4 Å². The van der Waals surface area contributed by atoms with Gasteiger partial charge in [0.1, 0.15) is 5.75 Å². The molecule has 0 spiro atoms. The van der Waals surface area contributed by atoms with E-state index < -0.39 is 18.7 Å². The number of aliphatic hydroxyl groups excluding tert-OH is 1. The molecule has 1 aromatic carbocycles. The smallest absolute Gasteiger partial charge is 0.389 e. The van der Waals surface area contributed by atoms with Gasteiger partial charge in [0.05, 0.1) is 12.7 Å². The Bertz CT molecular complexity index is 446. The Morgan fingerprint density at radius 1 is 1.00 bits per heavy atom. The summed E-state index contributed by atoms with van der Waals surface area (Å²) in [6.45, 7) is 2.56. The number of unbranched alkanes of at least 4 members (excludes halogenated alkanes) is 6. The lowest BCUT2D eigenvalue weighted by Gasteiger charge is -2.11. The van der Waals surface area contributed by atoms with Crippen molar-refractivity contribution in [3.63, 3.8) is 0 Å². The Hall–Kier alpha value is -1.23. The predicted octanol–water partition coefficient (Wildman–Crippen LogP) is 6.19. The minimum Gasteiger partial charge on any atom is -0.494 e. The first-order chi connectivity index (χ1) is 11.4. The molecule has 0 aromatic heterocycles. The maximum absolute atomic E-state index is 12.0. The van der Waals surface area contributed by atoms with E-state index in [4.69, 9.17) is 4.74 Å². The second-order valence-corrected chi connectivity index (χ2v) is 6.19. The maximum Gasteiger partial charge on any atom is 0.389 e. The van der Waals surface area contributed by atoms with Crippen LogP contribution in [0, 0.1) is 0 Å². The van der Waals surface area contributed by atoms with Crippen molar-refractivity contribution in [2.45, 2.75) is 77.0 Å². The Morgan fingerprint density at radius 2 is 1.62 bits per heavy atom. The molecule has 5 heteroatoms. The fourth-order valence-electron chi connectivity index (χ4n) is 2.55. The van der Waals surface area contributed by atoms with Crippen molar-refractivity contribution in [2.75, 3.05) is 6.61 Å². The zero-order valence-electron chi connectivity index (χ0n) is 14.4. The number of rotatable bonds is 12. The highest BCUT2D eigenvalue weighted by atomic mass is 19.4. The maximum atomic E-state index is 12.0. The summed E-state index contributed by atoms with van der Waals surface area (Å²) in [6, 6.07) is 7.52. The van der Waals surface area contributed by atoms with E-state index in [-0.39, 0.29) is 6.42 Å². The van der Waals surface area contributed by atoms with Crippen molar-refractivity contribution in [3.05, 3.63) is 29.8 Å². The second kappa shape index (κ2) is 11.3. The SMILES string of the molecule is CCC(O)c1cccc(OCCCCCCCCCC(F)(F)F)c1. The Labute approximate surface area is 143 Å². The third-order valence-corrected chi connectivity index (χ3v) is 4.00. The molecule has 0 saturated carbocycles. The predicted molar refractivity (Wildman–Crippen MR) is 90.2 cm³/mol. The first kappa shape index (κ1) is 20.8. The molecule has 0 amide bonds. The molecule has 0 bridgehead atoms. The topological polar surface area (TPSA) is 29.5 Å². The van der Waals surface area contributed by atoms with Crippen LogP contribution in [0.25, 0.3) is 0 Å². The summed E-state index contributed by atoms with van der Waals surface area (Å²) < 4.78 is 41.6. The highest BCUT2D eigenvalue weighted by molar-refractivity contribution is 5.29. The standard InChI is InChI=1S/C19H29F3O2/c1-2-18(23)16-11-10-12-17(15-16)24-14-9-7-5-3-4-6-8-13-19(20,21)22/h10-12,15,18,23H,2-9,13-14H2,1H3. The van der Waals surface area contributed by atoms with Crippen LogP contribution in [-0.2, 0) is 0 Å². The molecule has 0 fully saturated rings. The zero-order chi connectivity index (χ0) is 17.8. The number of hydrogen-bond donors (Lipinski definition) is 1. The molecule has 1 unspecified atom stereocenters. The van der Waals surface area contributed by atoms with Crippen LogP contribution >= 0.6 is 0 Å². The molecule has 0 heterocycles. The molecule has 0 aliphatic carbocycles. The largest absolute Gasteiger partial charge is 0.494 e. The van der Waals surface area contributed by atoms with Gasteiger partial charge in [-0.05, 0) is 37.0 Å². The summed E-state index contributed by atoms with van der Waals surface area (Å²) in [5.41, 5.74) is 0.869. The van der Waals surface area contributed by atoms with E-state index in [9.17, 15) is 18.3 Å². The fraction of sp³-hybridized carbons (Fsp3) is 0.684. The van der Waals surface area contributed by atoms with E-state index in [2.05, 4.69) is 0 Å². The molecule has 24 heavy (non-hydrogen) atoms. The van der Waals surface area contributed by atoms with E-state index in [1.807, 2.05) is 31.2 Å². The van der Waals surface area contributed by atoms with Gasteiger partial charge in [-0.25, -0.2) is 0 Å². The van der Waals surface area contributed by atoms with Gasteiger partial charge in [-0.1, -0.05) is 51.2 Å². The molecule has 0 aliphatic heterocycles. The van der Waals surface area contributed by atoms with Crippen molar-refractivity contribution in [1.29, 1.82) is 0 Å². The normalized spacial score (nSPS) is 13.0. The van der Waals surface area contributed by atoms with Crippen LogP contribution in [0.3, 0.4) is 0 Å². The zero-order valence-corrected chi connectivity index (χ0v) is 14.4. The lowest BCUT2D eigenvalue weighted by atomic mass is 10.1. The Morgan fingerprint density at radius 3 is 2.25 bits per heavy atom. The van der Waals surface area contributed by atoms with Crippen LogP contribution in [0.15, 0.2) is 24.3 Å². The van der Waals surface area contributed by atoms with Crippen molar-refractivity contribution < 1.29 is 23.0 Å². The summed E-state index contributed by atoms with van der Waals surface area (Å²) in [5, 5.41) is 9.81. The molecule has 1 rings (SSSR count). The van der Waals surface area contributed by atoms with E-state index >= 15 is 0 Å². The van der Waals surface area contributed by atoms with E-state index in [1.165, 1.54) is 0 Å². The van der Waals surface area contributed by atoms with Gasteiger partial charge in [0, 0.05) is 6.42 Å². The minimum absolute atomic E-state index is 0.243. The number of hydrogen-bond acceptors (Lipinski definition) is 2. The summed E-state index contributed by atoms with van der Waals surface area (Å²) in [7, 11) is 0. The number of ether oxygens (including phenoxy) is 1. The van der Waals surface area contributed by atoms with Gasteiger partial charge in [-0.15, -0.1) is 0 Å². The first-order valence-corrected chi connectivity index (χ1v) is 8.90.